The Morgan fingerprint density at radius 2 is 1.86 bits per heavy atom. The molecule has 0 N–H and O–H groups in total. The van der Waals surface area contributed by atoms with Gasteiger partial charge in [-0.2, -0.15) is 8.78 Å². The molecule has 0 aliphatic heterocycles. The third kappa shape index (κ3) is 1.94. The van der Waals surface area contributed by atoms with Gasteiger partial charge in [0.1, 0.15) is 6.61 Å². The Balaban J connectivity index is 2.99. The number of hydrogen-bond donors (Lipinski definition) is 0. The molecular weight excluding hydrogens is 190 g/mol. The number of terminal acetylenes is 1. The van der Waals surface area contributed by atoms with E-state index < -0.39 is 11.6 Å². The minimum absolute atomic E-state index is 0.108. The van der Waals surface area contributed by atoms with Crippen LogP contribution in [-0.4, -0.2) is 13.7 Å². The second-order valence-corrected chi connectivity index (χ2v) is 2.39. The predicted octanol–water partition coefficient (Wildman–Crippen LogP) is 1.99. The zero-order valence-corrected chi connectivity index (χ0v) is 7.51. The van der Waals surface area contributed by atoms with Crippen molar-refractivity contribution in [3.05, 3.63) is 23.8 Å². The summed E-state index contributed by atoms with van der Waals surface area (Å²) in [6, 6.07) is 2.53. The molecule has 0 unspecified atom stereocenters. The normalized spacial score (nSPS) is 9.29. The van der Waals surface area contributed by atoms with Crippen LogP contribution < -0.4 is 9.47 Å². The first-order valence-electron chi connectivity index (χ1n) is 3.79. The SMILES string of the molecule is C#CCOc1ccc(OC)c(F)c1F. The smallest absolute Gasteiger partial charge is 0.204 e. The van der Waals surface area contributed by atoms with E-state index >= 15 is 0 Å². The third-order valence-electron chi connectivity index (χ3n) is 1.54. The highest BCUT2D eigenvalue weighted by Crippen LogP contribution is 2.26. The molecule has 0 spiro atoms. The van der Waals surface area contributed by atoms with Gasteiger partial charge in [0.25, 0.3) is 0 Å². The standard InChI is InChI=1S/C10H8F2O2/c1-3-6-14-8-5-4-7(13-2)9(11)10(8)12/h1,4-5H,6H2,2H3. The Hall–Kier alpha value is -1.76. The van der Waals surface area contributed by atoms with Crippen molar-refractivity contribution >= 4 is 0 Å². The predicted molar refractivity (Wildman–Crippen MR) is 47.2 cm³/mol. The summed E-state index contributed by atoms with van der Waals surface area (Å²) in [6.07, 6.45) is 4.90. The molecule has 4 heteroatoms. The highest BCUT2D eigenvalue weighted by molar-refractivity contribution is 5.35. The Bertz CT molecular complexity index is 369. The molecule has 0 atom stereocenters. The highest BCUT2D eigenvalue weighted by atomic mass is 19.2. The monoisotopic (exact) mass is 198 g/mol. The van der Waals surface area contributed by atoms with E-state index in [0.29, 0.717) is 0 Å². The van der Waals surface area contributed by atoms with Crippen LogP contribution in [0.2, 0.25) is 0 Å². The second kappa shape index (κ2) is 4.47. The zero-order valence-electron chi connectivity index (χ0n) is 7.51. The van der Waals surface area contributed by atoms with Gasteiger partial charge in [-0.25, -0.2) is 0 Å². The Labute approximate surface area is 80.4 Å². The van der Waals surface area contributed by atoms with Crippen LogP contribution in [0.3, 0.4) is 0 Å². The molecule has 14 heavy (non-hydrogen) atoms. The quantitative estimate of drug-likeness (QED) is 0.691. The zero-order chi connectivity index (χ0) is 10.6. The summed E-state index contributed by atoms with van der Waals surface area (Å²) in [7, 11) is 1.25. The van der Waals surface area contributed by atoms with Gasteiger partial charge in [0.15, 0.2) is 11.5 Å². The molecule has 0 fully saturated rings. The van der Waals surface area contributed by atoms with E-state index in [1.54, 1.807) is 0 Å². The van der Waals surface area contributed by atoms with Gasteiger partial charge in [0.05, 0.1) is 7.11 Å². The van der Waals surface area contributed by atoms with Gasteiger partial charge in [-0.3, -0.25) is 0 Å². The van der Waals surface area contributed by atoms with Crippen LogP contribution >= 0.6 is 0 Å². The van der Waals surface area contributed by atoms with Gasteiger partial charge in [-0.1, -0.05) is 5.92 Å². The van der Waals surface area contributed by atoms with Gasteiger partial charge in [0.2, 0.25) is 11.6 Å². The summed E-state index contributed by atoms with van der Waals surface area (Å²) in [5.41, 5.74) is 0. The number of methoxy groups -OCH3 is 1. The molecule has 1 aromatic carbocycles. The van der Waals surface area contributed by atoms with Crippen molar-refractivity contribution in [3.8, 4) is 23.8 Å². The molecule has 1 rings (SSSR count). The Morgan fingerprint density at radius 1 is 1.29 bits per heavy atom. The molecule has 0 heterocycles. The van der Waals surface area contributed by atoms with Crippen molar-refractivity contribution in [1.29, 1.82) is 0 Å². The van der Waals surface area contributed by atoms with E-state index in [0.717, 1.165) is 0 Å². The lowest BCUT2D eigenvalue weighted by atomic mass is 10.3. The Kier molecular flexibility index (Phi) is 3.29. The van der Waals surface area contributed by atoms with Crippen LogP contribution in [0.25, 0.3) is 0 Å². The van der Waals surface area contributed by atoms with Crippen LogP contribution in [0.5, 0.6) is 11.5 Å². The summed E-state index contributed by atoms with van der Waals surface area (Å²) in [5, 5.41) is 0. The van der Waals surface area contributed by atoms with Crippen molar-refractivity contribution in [3.63, 3.8) is 0 Å². The average Bonchev–Trinajstić information content (AvgIpc) is 2.20. The van der Waals surface area contributed by atoms with E-state index in [1.807, 2.05) is 0 Å². The lowest BCUT2D eigenvalue weighted by Crippen LogP contribution is -1.99. The fourth-order valence-corrected chi connectivity index (χ4v) is 0.903. The first-order valence-corrected chi connectivity index (χ1v) is 3.79. The van der Waals surface area contributed by atoms with Gasteiger partial charge in [-0.15, -0.1) is 6.42 Å². The van der Waals surface area contributed by atoms with Gasteiger partial charge in [0, 0.05) is 0 Å². The largest absolute Gasteiger partial charge is 0.494 e. The maximum atomic E-state index is 13.1. The first kappa shape index (κ1) is 10.3. The summed E-state index contributed by atoms with van der Waals surface area (Å²) in [6.45, 7) is -0.108. The molecule has 0 amide bonds. The molecule has 0 aliphatic rings. The fraction of sp³-hybridized carbons (Fsp3) is 0.200. The van der Waals surface area contributed by atoms with E-state index in [1.165, 1.54) is 19.2 Å². The second-order valence-electron chi connectivity index (χ2n) is 2.39. The summed E-state index contributed by atoms with van der Waals surface area (Å²) >= 11 is 0. The number of hydrogen-bond acceptors (Lipinski definition) is 2. The topological polar surface area (TPSA) is 18.5 Å². The molecule has 0 bridgehead atoms. The maximum Gasteiger partial charge on any atom is 0.204 e. The number of rotatable bonds is 3. The average molecular weight is 198 g/mol. The molecule has 2 nitrogen and oxygen atoms in total. The maximum absolute atomic E-state index is 13.1. The summed E-state index contributed by atoms with van der Waals surface area (Å²) in [4.78, 5) is 0. The lowest BCUT2D eigenvalue weighted by Gasteiger charge is -2.07. The number of ether oxygens (including phenoxy) is 2. The molecule has 74 valence electrons. The van der Waals surface area contributed by atoms with E-state index in [4.69, 9.17) is 11.2 Å². The summed E-state index contributed by atoms with van der Waals surface area (Å²) in [5.74, 6) is -0.422. The van der Waals surface area contributed by atoms with Gasteiger partial charge >= 0.3 is 0 Å². The Morgan fingerprint density at radius 3 is 2.43 bits per heavy atom. The highest BCUT2D eigenvalue weighted by Gasteiger charge is 2.14. The van der Waals surface area contributed by atoms with E-state index in [2.05, 4.69) is 10.7 Å². The molecule has 0 saturated carbocycles. The van der Waals surface area contributed by atoms with Crippen molar-refractivity contribution in [2.75, 3.05) is 13.7 Å². The number of halogens is 2. The van der Waals surface area contributed by atoms with Crippen LogP contribution in [-0.2, 0) is 0 Å². The van der Waals surface area contributed by atoms with Gasteiger partial charge < -0.3 is 9.47 Å². The van der Waals surface area contributed by atoms with Crippen LogP contribution in [0.1, 0.15) is 0 Å². The molecule has 0 saturated heterocycles. The molecule has 1 aromatic rings. The molecule has 0 radical (unpaired) electrons. The first-order chi connectivity index (χ1) is 6.70. The minimum atomic E-state index is -1.10. The molecule has 0 aromatic heterocycles. The van der Waals surface area contributed by atoms with Crippen molar-refractivity contribution in [2.24, 2.45) is 0 Å². The van der Waals surface area contributed by atoms with E-state index in [9.17, 15) is 8.78 Å². The van der Waals surface area contributed by atoms with Crippen LogP contribution in [0.4, 0.5) is 8.78 Å². The van der Waals surface area contributed by atoms with Crippen molar-refractivity contribution in [2.45, 2.75) is 0 Å². The minimum Gasteiger partial charge on any atom is -0.494 e. The van der Waals surface area contributed by atoms with Crippen LogP contribution in [0, 0.1) is 24.0 Å². The van der Waals surface area contributed by atoms with E-state index in [-0.39, 0.29) is 18.1 Å². The lowest BCUT2D eigenvalue weighted by molar-refractivity contribution is 0.324. The van der Waals surface area contributed by atoms with Gasteiger partial charge in [-0.05, 0) is 12.1 Å². The van der Waals surface area contributed by atoms with Crippen LogP contribution in [0.15, 0.2) is 12.1 Å². The fourth-order valence-electron chi connectivity index (χ4n) is 0.903. The third-order valence-corrected chi connectivity index (χ3v) is 1.54. The summed E-state index contributed by atoms with van der Waals surface area (Å²) < 4.78 is 35.5. The number of benzene rings is 1. The molecule has 0 aliphatic carbocycles. The van der Waals surface area contributed by atoms with Crippen molar-refractivity contribution in [1.82, 2.24) is 0 Å². The van der Waals surface area contributed by atoms with Crippen molar-refractivity contribution < 1.29 is 18.3 Å². The molecular formula is C10H8F2O2.